The predicted molar refractivity (Wildman–Crippen MR) is 132 cm³/mol. The molecule has 0 aromatic heterocycles. The third kappa shape index (κ3) is 9.63. The lowest BCUT2D eigenvalue weighted by molar-refractivity contribution is -0.165. The molecule has 0 spiro atoms. The molecule has 0 aromatic rings. The molecule has 1 aliphatic rings. The molecule has 0 amide bonds. The predicted octanol–water partition coefficient (Wildman–Crippen LogP) is 3.00. The van der Waals surface area contributed by atoms with E-state index in [2.05, 4.69) is 6.92 Å². The number of esters is 3. The maximum atomic E-state index is 12.9. The van der Waals surface area contributed by atoms with E-state index in [0.29, 0.717) is 25.2 Å². The van der Waals surface area contributed by atoms with Crippen LogP contribution >= 0.6 is 0 Å². The van der Waals surface area contributed by atoms with E-state index < -0.39 is 50.0 Å². The highest BCUT2D eigenvalue weighted by Crippen LogP contribution is 2.41. The average Bonchev–Trinajstić information content (AvgIpc) is 2.82. The molecule has 0 radical (unpaired) electrons. The van der Waals surface area contributed by atoms with E-state index in [4.69, 9.17) is 23.5 Å². The fourth-order valence-electron chi connectivity index (χ4n) is 4.83. The molecule has 0 heterocycles. The second-order valence-electron chi connectivity index (χ2n) is 10.6. The fraction of sp³-hybridized carbons (Fsp3) is 0.880. The van der Waals surface area contributed by atoms with Crippen LogP contribution in [0.15, 0.2) is 0 Å². The van der Waals surface area contributed by atoms with Crippen molar-refractivity contribution in [2.24, 2.45) is 22.7 Å². The van der Waals surface area contributed by atoms with Gasteiger partial charge in [-0.15, -0.1) is 0 Å². The van der Waals surface area contributed by atoms with Gasteiger partial charge in [0, 0.05) is 0 Å². The summed E-state index contributed by atoms with van der Waals surface area (Å²) >= 11 is 0. The summed E-state index contributed by atoms with van der Waals surface area (Å²) < 4.78 is 45.2. The zero-order valence-corrected chi connectivity index (χ0v) is 23.4. The van der Waals surface area contributed by atoms with E-state index in [1.807, 2.05) is 0 Å². The summed E-state index contributed by atoms with van der Waals surface area (Å²) in [5.74, 6) is -1.95. The van der Waals surface area contributed by atoms with Gasteiger partial charge >= 0.3 is 17.9 Å². The zero-order chi connectivity index (χ0) is 27.6. The standard InChI is InChI=1S/C25H44O10S/c1-7-19(16-25(5,23(29)34-13-12-26)17-24(3,4)22(28)32-6)21(27)33-14-15-35-36(30,31)20-10-8-18(2)9-11-20/h18-20,26H,7-17H2,1-6H3. The van der Waals surface area contributed by atoms with Gasteiger partial charge in [0.15, 0.2) is 0 Å². The molecule has 2 atom stereocenters. The Morgan fingerprint density at radius 1 is 0.972 bits per heavy atom. The Kier molecular flexibility index (Phi) is 12.8. The smallest absolute Gasteiger partial charge is 0.311 e. The van der Waals surface area contributed by atoms with E-state index in [9.17, 15) is 22.8 Å². The van der Waals surface area contributed by atoms with Crippen LogP contribution in [0, 0.1) is 22.7 Å². The van der Waals surface area contributed by atoms with Gasteiger partial charge in [-0.3, -0.25) is 18.6 Å². The van der Waals surface area contributed by atoms with Crippen LogP contribution < -0.4 is 0 Å². The number of aliphatic hydroxyl groups excluding tert-OH is 1. The number of rotatable bonds is 15. The molecule has 1 aliphatic carbocycles. The number of carbonyl (C=O) groups excluding carboxylic acids is 3. The van der Waals surface area contributed by atoms with E-state index in [1.165, 1.54) is 7.11 Å². The van der Waals surface area contributed by atoms with Crippen molar-refractivity contribution in [3.05, 3.63) is 0 Å². The Morgan fingerprint density at radius 3 is 2.11 bits per heavy atom. The van der Waals surface area contributed by atoms with Crippen molar-refractivity contribution < 1.29 is 46.3 Å². The van der Waals surface area contributed by atoms with Crippen molar-refractivity contribution in [1.82, 2.24) is 0 Å². The Bertz CT molecular complexity index is 830. The molecule has 36 heavy (non-hydrogen) atoms. The SMILES string of the molecule is CCC(CC(C)(CC(C)(C)C(=O)OC)C(=O)OCCO)C(=O)OCCOS(=O)(=O)C1CCC(C)CC1. The average molecular weight is 537 g/mol. The van der Waals surface area contributed by atoms with E-state index in [-0.39, 0.29) is 39.3 Å². The van der Waals surface area contributed by atoms with Crippen LogP contribution in [0.1, 0.15) is 79.6 Å². The van der Waals surface area contributed by atoms with Crippen LogP contribution in [0.3, 0.4) is 0 Å². The van der Waals surface area contributed by atoms with Crippen LogP contribution in [0.25, 0.3) is 0 Å². The van der Waals surface area contributed by atoms with Crippen LogP contribution in [0.2, 0.25) is 0 Å². The first-order chi connectivity index (χ1) is 16.7. The number of hydrogen-bond acceptors (Lipinski definition) is 10. The lowest BCUT2D eigenvalue weighted by Gasteiger charge is -2.35. The van der Waals surface area contributed by atoms with Gasteiger partial charge in [0.2, 0.25) is 0 Å². The van der Waals surface area contributed by atoms with Gasteiger partial charge in [-0.2, -0.15) is 8.42 Å². The summed E-state index contributed by atoms with van der Waals surface area (Å²) in [6.07, 6.45) is 3.23. The van der Waals surface area contributed by atoms with Crippen molar-refractivity contribution in [2.45, 2.75) is 84.8 Å². The van der Waals surface area contributed by atoms with Crippen molar-refractivity contribution in [2.75, 3.05) is 33.5 Å². The number of aliphatic hydroxyl groups is 1. The second kappa shape index (κ2) is 14.3. The van der Waals surface area contributed by atoms with Gasteiger partial charge in [0.25, 0.3) is 10.1 Å². The number of ether oxygens (including phenoxy) is 3. The molecule has 1 rings (SSSR count). The van der Waals surface area contributed by atoms with Gasteiger partial charge in [-0.05, 0) is 71.6 Å². The quantitative estimate of drug-likeness (QED) is 0.144. The zero-order valence-electron chi connectivity index (χ0n) is 22.5. The largest absolute Gasteiger partial charge is 0.469 e. The van der Waals surface area contributed by atoms with Crippen molar-refractivity contribution in [3.8, 4) is 0 Å². The first-order valence-corrected chi connectivity index (χ1v) is 14.1. The molecule has 0 bridgehead atoms. The van der Waals surface area contributed by atoms with Crippen molar-refractivity contribution >= 4 is 28.0 Å². The highest BCUT2D eigenvalue weighted by Gasteiger charge is 2.46. The molecular weight excluding hydrogens is 492 g/mol. The molecule has 0 aliphatic heterocycles. The monoisotopic (exact) mass is 536 g/mol. The van der Waals surface area contributed by atoms with Gasteiger partial charge in [-0.1, -0.05) is 13.8 Å². The molecule has 210 valence electrons. The number of methoxy groups -OCH3 is 1. The minimum Gasteiger partial charge on any atom is -0.469 e. The molecule has 1 N–H and O–H groups in total. The lowest BCUT2D eigenvalue weighted by Crippen LogP contribution is -2.41. The van der Waals surface area contributed by atoms with E-state index in [0.717, 1.165) is 12.8 Å². The first-order valence-electron chi connectivity index (χ1n) is 12.6. The Hall–Kier alpha value is -1.72. The lowest BCUT2D eigenvalue weighted by atomic mass is 9.69. The Morgan fingerprint density at radius 2 is 1.58 bits per heavy atom. The molecule has 1 saturated carbocycles. The molecule has 0 aromatic carbocycles. The molecule has 0 saturated heterocycles. The van der Waals surface area contributed by atoms with Gasteiger partial charge in [0.05, 0.1) is 35.7 Å². The van der Waals surface area contributed by atoms with Gasteiger partial charge in [-0.25, -0.2) is 0 Å². The van der Waals surface area contributed by atoms with Crippen LogP contribution in [0.5, 0.6) is 0 Å². The van der Waals surface area contributed by atoms with Crippen LogP contribution in [-0.2, 0) is 42.9 Å². The maximum Gasteiger partial charge on any atom is 0.311 e. The summed E-state index contributed by atoms with van der Waals surface area (Å²) in [6.45, 7) is 7.67. The Labute approximate surface area is 215 Å². The topological polar surface area (TPSA) is 142 Å². The van der Waals surface area contributed by atoms with E-state index >= 15 is 0 Å². The second-order valence-corrected chi connectivity index (χ2v) is 12.5. The van der Waals surface area contributed by atoms with Crippen molar-refractivity contribution in [3.63, 3.8) is 0 Å². The normalized spacial score (nSPS) is 21.2. The third-order valence-electron chi connectivity index (χ3n) is 6.86. The van der Waals surface area contributed by atoms with Gasteiger partial charge < -0.3 is 19.3 Å². The van der Waals surface area contributed by atoms with Crippen molar-refractivity contribution in [1.29, 1.82) is 0 Å². The highest BCUT2D eigenvalue weighted by atomic mass is 32.2. The van der Waals surface area contributed by atoms with Gasteiger partial charge in [0.1, 0.15) is 19.8 Å². The summed E-state index contributed by atoms with van der Waals surface area (Å²) in [5, 5.41) is 8.52. The summed E-state index contributed by atoms with van der Waals surface area (Å²) in [7, 11) is -2.47. The first kappa shape index (κ1) is 32.3. The number of hydrogen-bond donors (Lipinski definition) is 1. The summed E-state index contributed by atoms with van der Waals surface area (Å²) in [4.78, 5) is 38.0. The maximum absolute atomic E-state index is 12.9. The molecule has 2 unspecified atom stereocenters. The number of carbonyl (C=O) groups is 3. The summed E-state index contributed by atoms with van der Waals surface area (Å²) in [6, 6.07) is 0. The van der Waals surface area contributed by atoms with Crippen LogP contribution in [0.4, 0.5) is 0 Å². The highest BCUT2D eigenvalue weighted by molar-refractivity contribution is 7.87. The molecule has 1 fully saturated rings. The van der Waals surface area contributed by atoms with Crippen LogP contribution in [-0.4, -0.2) is 70.2 Å². The van der Waals surface area contributed by atoms with E-state index in [1.54, 1.807) is 27.7 Å². The Balaban J connectivity index is 2.79. The molecule has 10 nitrogen and oxygen atoms in total. The minimum absolute atomic E-state index is 0.0342. The minimum atomic E-state index is -3.73. The fourth-order valence-corrected chi connectivity index (χ4v) is 6.17. The molecular formula is C25H44O10S. The summed E-state index contributed by atoms with van der Waals surface area (Å²) in [5.41, 5.74) is -2.28. The third-order valence-corrected chi connectivity index (χ3v) is 8.64. The molecule has 11 heteroatoms.